The van der Waals surface area contributed by atoms with Crippen LogP contribution in [0.1, 0.15) is 5.56 Å². The van der Waals surface area contributed by atoms with Gasteiger partial charge in [0.25, 0.3) is 0 Å². The third-order valence-electron chi connectivity index (χ3n) is 5.71. The molecule has 0 radical (unpaired) electrons. The molecule has 9 heteroatoms. The van der Waals surface area contributed by atoms with Gasteiger partial charge in [-0.05, 0) is 35.9 Å². The van der Waals surface area contributed by atoms with Gasteiger partial charge in [0.1, 0.15) is 11.8 Å². The summed E-state index contributed by atoms with van der Waals surface area (Å²) in [7, 11) is 0. The number of aromatic hydroxyl groups is 1. The number of nitrogens with one attached hydrogen (secondary N) is 2. The van der Waals surface area contributed by atoms with Crippen LogP contribution in [0.3, 0.4) is 0 Å². The van der Waals surface area contributed by atoms with Crippen molar-refractivity contribution >= 4 is 34.1 Å². The highest BCUT2D eigenvalue weighted by Crippen LogP contribution is 2.40. The van der Waals surface area contributed by atoms with E-state index in [1.807, 2.05) is 12.1 Å². The van der Waals surface area contributed by atoms with Crippen LogP contribution < -0.4 is 16.0 Å². The summed E-state index contributed by atoms with van der Waals surface area (Å²) in [6, 6.07) is 15.1. The molecule has 3 heterocycles. The first kappa shape index (κ1) is 20.1. The number of aromatic amines is 1. The molecule has 1 saturated heterocycles. The number of phenolic OH excluding ortho intramolecular Hbond substituents is 1. The molecule has 160 valence electrons. The minimum Gasteiger partial charge on any atom is -0.506 e. The maximum Gasteiger partial charge on any atom is 0.158 e. The van der Waals surface area contributed by atoms with Crippen LogP contribution in [-0.4, -0.2) is 46.5 Å². The van der Waals surface area contributed by atoms with Gasteiger partial charge in [-0.15, -0.1) is 0 Å². The number of H-pyrrole nitrogens is 1. The van der Waals surface area contributed by atoms with Crippen LogP contribution in [0.2, 0.25) is 5.02 Å². The third-order valence-corrected chi connectivity index (χ3v) is 6.01. The number of nitrogens with two attached hydrogens (primary N) is 1. The number of hydrogen-bond acceptors (Lipinski definition) is 7. The van der Waals surface area contributed by atoms with Gasteiger partial charge in [0, 0.05) is 43.0 Å². The normalized spacial score (nSPS) is 13.9. The van der Waals surface area contributed by atoms with Crippen LogP contribution in [0.15, 0.2) is 42.5 Å². The van der Waals surface area contributed by atoms with Crippen molar-refractivity contribution in [2.45, 2.75) is 0 Å². The lowest BCUT2D eigenvalue weighted by Crippen LogP contribution is -2.43. The molecule has 2 aromatic carbocycles. The molecule has 1 fully saturated rings. The highest BCUT2D eigenvalue weighted by Gasteiger charge is 2.22. The first-order chi connectivity index (χ1) is 15.6. The predicted octanol–water partition coefficient (Wildman–Crippen LogP) is 3.51. The zero-order chi connectivity index (χ0) is 22.2. The molecule has 32 heavy (non-hydrogen) atoms. The Hall–Kier alpha value is -3.80. The lowest BCUT2D eigenvalue weighted by atomic mass is 9.93. The molecule has 5 rings (SSSR count). The Labute approximate surface area is 189 Å². The predicted molar refractivity (Wildman–Crippen MR) is 126 cm³/mol. The Bertz CT molecular complexity index is 1350. The van der Waals surface area contributed by atoms with E-state index >= 15 is 0 Å². The van der Waals surface area contributed by atoms with Crippen molar-refractivity contribution in [1.29, 1.82) is 5.26 Å². The summed E-state index contributed by atoms with van der Waals surface area (Å²) in [6.07, 6.45) is 0. The molecular weight excluding hydrogens is 426 g/mol. The summed E-state index contributed by atoms with van der Waals surface area (Å²) < 4.78 is 0. The summed E-state index contributed by atoms with van der Waals surface area (Å²) in [4.78, 5) is 6.93. The van der Waals surface area contributed by atoms with E-state index in [0.29, 0.717) is 33.4 Å². The van der Waals surface area contributed by atoms with E-state index in [9.17, 15) is 10.4 Å². The summed E-state index contributed by atoms with van der Waals surface area (Å²) in [5, 5.41) is 31.0. The van der Waals surface area contributed by atoms with Crippen LogP contribution >= 0.6 is 11.6 Å². The van der Waals surface area contributed by atoms with Crippen molar-refractivity contribution in [1.82, 2.24) is 20.5 Å². The maximum absolute atomic E-state index is 10.1. The fraction of sp³-hybridized carbons (Fsp3) is 0.174. The van der Waals surface area contributed by atoms with Gasteiger partial charge >= 0.3 is 0 Å². The number of pyridine rings is 1. The number of nitriles is 1. The summed E-state index contributed by atoms with van der Waals surface area (Å²) in [6.45, 7) is 3.80. The zero-order valence-electron chi connectivity index (χ0n) is 17.1. The summed E-state index contributed by atoms with van der Waals surface area (Å²) >= 11 is 6.12. The number of aromatic nitrogens is 3. The van der Waals surface area contributed by atoms with Gasteiger partial charge in [-0.1, -0.05) is 23.7 Å². The van der Waals surface area contributed by atoms with E-state index in [-0.39, 0.29) is 16.6 Å². The number of nitrogen functional groups attached to an aromatic ring is 1. The Morgan fingerprint density at radius 2 is 1.81 bits per heavy atom. The average molecular weight is 446 g/mol. The summed E-state index contributed by atoms with van der Waals surface area (Å²) in [5.41, 5.74) is 10.7. The third kappa shape index (κ3) is 3.38. The fourth-order valence-corrected chi connectivity index (χ4v) is 4.29. The van der Waals surface area contributed by atoms with Crippen LogP contribution in [-0.2, 0) is 0 Å². The standard InChI is InChI=1S/C23H20ClN7O/c24-17-11-14(3-6-18(17)32)21-16(12-25)19(20-22(26)29-30-23(20)28-21)13-1-4-15(5-2-13)31-9-7-27-8-10-31/h1-6,11,27,32H,7-10H2,(H3,26,28,29,30). The van der Waals surface area contributed by atoms with Gasteiger partial charge in [-0.2, -0.15) is 10.4 Å². The fourth-order valence-electron chi connectivity index (χ4n) is 4.11. The molecule has 0 aliphatic carbocycles. The van der Waals surface area contributed by atoms with Crippen LogP contribution in [0, 0.1) is 11.3 Å². The molecule has 0 atom stereocenters. The van der Waals surface area contributed by atoms with E-state index in [1.165, 1.54) is 6.07 Å². The second-order valence-electron chi connectivity index (χ2n) is 7.60. The average Bonchev–Trinajstić information content (AvgIpc) is 3.20. The number of piperazine rings is 1. The zero-order valence-corrected chi connectivity index (χ0v) is 17.8. The van der Waals surface area contributed by atoms with E-state index in [0.717, 1.165) is 37.4 Å². The van der Waals surface area contributed by atoms with Crippen LogP contribution in [0.4, 0.5) is 11.5 Å². The van der Waals surface area contributed by atoms with Gasteiger partial charge in [-0.3, -0.25) is 5.10 Å². The number of anilines is 2. The Balaban J connectivity index is 1.70. The highest BCUT2D eigenvalue weighted by molar-refractivity contribution is 6.32. The topological polar surface area (TPSA) is 127 Å². The number of fused-ring (bicyclic) bond motifs is 1. The molecule has 0 unspecified atom stereocenters. The van der Waals surface area contributed by atoms with Crippen molar-refractivity contribution in [2.24, 2.45) is 0 Å². The number of phenols is 1. The summed E-state index contributed by atoms with van der Waals surface area (Å²) in [5.74, 6) is 0.241. The van der Waals surface area contributed by atoms with Gasteiger partial charge in [0.05, 0.1) is 21.7 Å². The molecule has 1 aliphatic rings. The SMILES string of the molecule is N#Cc1c(-c2ccc(O)c(Cl)c2)nc2[nH]nc(N)c2c1-c1ccc(N2CCNCC2)cc1. The molecule has 2 aromatic heterocycles. The van der Waals surface area contributed by atoms with Crippen molar-refractivity contribution < 1.29 is 5.11 Å². The van der Waals surface area contributed by atoms with E-state index in [4.69, 9.17) is 17.3 Å². The monoisotopic (exact) mass is 445 g/mol. The van der Waals surface area contributed by atoms with Crippen molar-refractivity contribution in [2.75, 3.05) is 36.8 Å². The first-order valence-electron chi connectivity index (χ1n) is 10.2. The van der Waals surface area contributed by atoms with Gasteiger partial charge in [0.2, 0.25) is 0 Å². The molecular formula is C23H20ClN7O. The lowest BCUT2D eigenvalue weighted by Gasteiger charge is -2.29. The number of rotatable bonds is 3. The molecule has 8 nitrogen and oxygen atoms in total. The number of benzene rings is 2. The molecule has 5 N–H and O–H groups in total. The maximum atomic E-state index is 10.1. The first-order valence-corrected chi connectivity index (χ1v) is 10.6. The van der Waals surface area contributed by atoms with Crippen molar-refractivity contribution in [3.63, 3.8) is 0 Å². The number of nitrogens with zero attached hydrogens (tertiary/aromatic N) is 4. The second kappa shape index (κ2) is 8.04. The Kier molecular flexibility index (Phi) is 5.05. The van der Waals surface area contributed by atoms with E-state index in [1.54, 1.807) is 12.1 Å². The quantitative estimate of drug-likeness (QED) is 0.380. The smallest absolute Gasteiger partial charge is 0.158 e. The van der Waals surface area contributed by atoms with Crippen molar-refractivity contribution in [3.8, 4) is 34.2 Å². The molecule has 1 aliphatic heterocycles. The molecule has 0 amide bonds. The van der Waals surface area contributed by atoms with Crippen LogP contribution in [0.25, 0.3) is 33.4 Å². The van der Waals surface area contributed by atoms with Crippen LogP contribution in [0.5, 0.6) is 5.75 Å². The van der Waals surface area contributed by atoms with Gasteiger partial charge in [0.15, 0.2) is 11.5 Å². The van der Waals surface area contributed by atoms with Crippen molar-refractivity contribution in [3.05, 3.63) is 53.1 Å². The van der Waals surface area contributed by atoms with E-state index in [2.05, 4.69) is 43.6 Å². The molecule has 0 bridgehead atoms. The number of halogens is 1. The molecule has 0 saturated carbocycles. The minimum atomic E-state index is -0.0375. The Morgan fingerprint density at radius 3 is 2.50 bits per heavy atom. The van der Waals surface area contributed by atoms with Gasteiger partial charge in [-0.25, -0.2) is 4.98 Å². The second-order valence-corrected chi connectivity index (χ2v) is 8.01. The van der Waals surface area contributed by atoms with Gasteiger partial charge < -0.3 is 21.1 Å². The highest BCUT2D eigenvalue weighted by atomic mass is 35.5. The largest absolute Gasteiger partial charge is 0.506 e. The number of hydrogen-bond donors (Lipinski definition) is 4. The molecule has 0 spiro atoms. The minimum absolute atomic E-state index is 0.0375. The molecule has 4 aromatic rings. The van der Waals surface area contributed by atoms with E-state index < -0.39 is 0 Å². The Morgan fingerprint density at radius 1 is 1.09 bits per heavy atom. The lowest BCUT2D eigenvalue weighted by molar-refractivity contribution is 0.475.